The van der Waals surface area contributed by atoms with Crippen molar-refractivity contribution in [3.05, 3.63) is 28.8 Å². The number of amides is 1. The van der Waals surface area contributed by atoms with Crippen LogP contribution in [0.25, 0.3) is 0 Å². The zero-order valence-corrected chi connectivity index (χ0v) is 10.8. The van der Waals surface area contributed by atoms with Crippen molar-refractivity contribution in [1.29, 1.82) is 0 Å². The number of nitrogens with zero attached hydrogens (tertiary/aromatic N) is 1. The van der Waals surface area contributed by atoms with E-state index in [0.717, 1.165) is 5.56 Å². The average Bonchev–Trinajstić information content (AvgIpc) is 2.29. The number of fused-ring (bicyclic) bond motifs is 1. The van der Waals surface area contributed by atoms with E-state index < -0.39 is 5.97 Å². The van der Waals surface area contributed by atoms with Crippen LogP contribution in [-0.4, -0.2) is 23.5 Å². The topological polar surface area (TPSA) is 57.6 Å². The fourth-order valence-electron chi connectivity index (χ4n) is 2.44. The lowest BCUT2D eigenvalue weighted by molar-refractivity contribution is -0.137. The maximum absolute atomic E-state index is 11.6. The molecule has 0 spiro atoms. The van der Waals surface area contributed by atoms with E-state index in [9.17, 15) is 9.59 Å². The molecule has 0 aromatic heterocycles. The van der Waals surface area contributed by atoms with Crippen LogP contribution in [0.5, 0.6) is 0 Å². The number of carbonyl (C=O) groups excluding carboxylic acids is 1. The highest BCUT2D eigenvalue weighted by Gasteiger charge is 2.30. The summed E-state index contributed by atoms with van der Waals surface area (Å²) < 4.78 is 0. The molecule has 1 atom stereocenters. The van der Waals surface area contributed by atoms with Crippen LogP contribution >= 0.6 is 11.6 Å². The van der Waals surface area contributed by atoms with Crippen molar-refractivity contribution in [3.63, 3.8) is 0 Å². The van der Waals surface area contributed by atoms with Crippen LogP contribution in [0.4, 0.5) is 5.69 Å². The lowest BCUT2D eigenvalue weighted by atomic mass is 9.87. The third-order valence-corrected chi connectivity index (χ3v) is 3.54. The van der Waals surface area contributed by atoms with Crippen LogP contribution in [0.3, 0.4) is 0 Å². The Hall–Kier alpha value is -1.55. The molecule has 1 N–H and O–H groups in total. The number of carbonyl (C=O) groups is 2. The van der Waals surface area contributed by atoms with Crippen LogP contribution in [0.2, 0.25) is 5.02 Å². The molecule has 96 valence electrons. The minimum absolute atomic E-state index is 0.0685. The third-order valence-electron chi connectivity index (χ3n) is 3.23. The molecule has 1 aliphatic rings. The molecule has 0 radical (unpaired) electrons. The summed E-state index contributed by atoms with van der Waals surface area (Å²) in [5.74, 6) is -0.980. The highest BCUT2D eigenvalue weighted by Crippen LogP contribution is 2.41. The van der Waals surface area contributed by atoms with Gasteiger partial charge in [-0.15, -0.1) is 0 Å². The van der Waals surface area contributed by atoms with E-state index >= 15 is 0 Å². The van der Waals surface area contributed by atoms with Crippen LogP contribution < -0.4 is 4.90 Å². The first-order chi connectivity index (χ1) is 8.50. The molecule has 0 aliphatic carbocycles. The predicted octanol–water partition coefficient (Wildman–Crippen LogP) is 2.65. The van der Waals surface area contributed by atoms with Crippen molar-refractivity contribution < 1.29 is 14.7 Å². The lowest BCUT2D eigenvalue weighted by Crippen LogP contribution is -2.35. The Balaban J connectivity index is 2.46. The van der Waals surface area contributed by atoms with Gasteiger partial charge in [-0.1, -0.05) is 23.7 Å². The average molecular weight is 268 g/mol. The molecule has 1 aliphatic heterocycles. The fourth-order valence-corrected chi connectivity index (χ4v) is 2.72. The molecule has 5 heteroatoms. The molecular weight excluding hydrogens is 254 g/mol. The molecule has 0 saturated carbocycles. The van der Waals surface area contributed by atoms with Gasteiger partial charge >= 0.3 is 5.97 Å². The largest absolute Gasteiger partial charge is 0.481 e. The fraction of sp³-hybridized carbons (Fsp3) is 0.385. The number of para-hydroxylation sites is 1. The van der Waals surface area contributed by atoms with Gasteiger partial charge in [0.05, 0.1) is 17.1 Å². The van der Waals surface area contributed by atoms with Gasteiger partial charge in [0, 0.05) is 13.5 Å². The molecule has 1 unspecified atom stereocenters. The van der Waals surface area contributed by atoms with E-state index in [2.05, 4.69) is 0 Å². The molecule has 1 aromatic rings. The zero-order valence-electron chi connectivity index (χ0n) is 10.0. The Morgan fingerprint density at radius 3 is 2.83 bits per heavy atom. The Morgan fingerprint density at radius 1 is 1.50 bits per heavy atom. The van der Waals surface area contributed by atoms with Gasteiger partial charge in [0.15, 0.2) is 0 Å². The van der Waals surface area contributed by atoms with Gasteiger partial charge in [0.1, 0.15) is 0 Å². The second-order valence-corrected chi connectivity index (χ2v) is 4.84. The summed E-state index contributed by atoms with van der Waals surface area (Å²) in [5.41, 5.74) is 1.52. The molecule has 0 saturated heterocycles. The van der Waals surface area contributed by atoms with Gasteiger partial charge in [-0.3, -0.25) is 9.59 Å². The van der Waals surface area contributed by atoms with E-state index in [1.807, 2.05) is 6.07 Å². The number of hydrogen-bond acceptors (Lipinski definition) is 2. The lowest BCUT2D eigenvalue weighted by Gasteiger charge is -2.34. The summed E-state index contributed by atoms with van der Waals surface area (Å²) >= 11 is 6.14. The van der Waals surface area contributed by atoms with Crippen molar-refractivity contribution in [2.45, 2.75) is 25.7 Å². The maximum Gasteiger partial charge on any atom is 0.303 e. The molecule has 2 rings (SSSR count). The molecule has 0 fully saturated rings. The zero-order chi connectivity index (χ0) is 13.3. The number of anilines is 1. The van der Waals surface area contributed by atoms with E-state index in [-0.39, 0.29) is 18.2 Å². The van der Waals surface area contributed by atoms with Crippen molar-refractivity contribution in [3.8, 4) is 0 Å². The summed E-state index contributed by atoms with van der Waals surface area (Å²) in [6.45, 7) is 2.01. The van der Waals surface area contributed by atoms with E-state index in [1.54, 1.807) is 17.0 Å². The van der Waals surface area contributed by atoms with Gasteiger partial charge in [-0.2, -0.15) is 0 Å². The second-order valence-electron chi connectivity index (χ2n) is 4.43. The first kappa shape index (κ1) is 12.9. The molecule has 1 aromatic carbocycles. The number of carboxylic acid groups (broad SMARTS) is 1. The van der Waals surface area contributed by atoms with Crippen LogP contribution in [0.15, 0.2) is 18.2 Å². The SMILES string of the molecule is CC(=O)N1CCC(CC(=O)O)c2cccc(Cl)c21. The van der Waals surface area contributed by atoms with Crippen LogP contribution in [0, 0.1) is 0 Å². The third kappa shape index (κ3) is 2.34. The molecule has 18 heavy (non-hydrogen) atoms. The Bertz CT molecular complexity index is 501. The Labute approximate surface area is 110 Å². The first-order valence-corrected chi connectivity index (χ1v) is 6.16. The van der Waals surface area contributed by atoms with Crippen molar-refractivity contribution in [2.75, 3.05) is 11.4 Å². The second kappa shape index (κ2) is 4.98. The van der Waals surface area contributed by atoms with Gasteiger partial charge in [0.2, 0.25) is 5.91 Å². The van der Waals surface area contributed by atoms with Crippen molar-refractivity contribution >= 4 is 29.2 Å². The van der Waals surface area contributed by atoms with E-state index in [0.29, 0.717) is 23.7 Å². The highest BCUT2D eigenvalue weighted by atomic mass is 35.5. The van der Waals surface area contributed by atoms with Crippen molar-refractivity contribution in [1.82, 2.24) is 0 Å². The predicted molar refractivity (Wildman–Crippen MR) is 69.1 cm³/mol. The monoisotopic (exact) mass is 267 g/mol. The van der Waals surface area contributed by atoms with Gasteiger partial charge in [-0.05, 0) is 24.0 Å². The van der Waals surface area contributed by atoms with Crippen molar-refractivity contribution in [2.24, 2.45) is 0 Å². The standard InChI is InChI=1S/C13H14ClNO3/c1-8(16)15-6-5-9(7-12(17)18)10-3-2-4-11(14)13(10)15/h2-4,9H,5-7H2,1H3,(H,17,18). The normalized spacial score (nSPS) is 18.3. The molecule has 1 heterocycles. The molecule has 4 nitrogen and oxygen atoms in total. The number of rotatable bonds is 2. The van der Waals surface area contributed by atoms with E-state index in [4.69, 9.17) is 16.7 Å². The summed E-state index contributed by atoms with van der Waals surface area (Å²) in [4.78, 5) is 24.1. The smallest absolute Gasteiger partial charge is 0.303 e. The maximum atomic E-state index is 11.6. The molecule has 0 bridgehead atoms. The minimum Gasteiger partial charge on any atom is -0.481 e. The summed E-state index contributed by atoms with van der Waals surface area (Å²) in [6.07, 6.45) is 0.721. The number of carboxylic acids is 1. The summed E-state index contributed by atoms with van der Waals surface area (Å²) in [6, 6.07) is 5.36. The number of halogens is 1. The number of benzene rings is 1. The Morgan fingerprint density at radius 2 is 2.22 bits per heavy atom. The molecular formula is C13H14ClNO3. The van der Waals surface area contributed by atoms with Gasteiger partial charge in [-0.25, -0.2) is 0 Å². The van der Waals surface area contributed by atoms with E-state index in [1.165, 1.54) is 6.92 Å². The summed E-state index contributed by atoms with van der Waals surface area (Å²) in [7, 11) is 0. The first-order valence-electron chi connectivity index (χ1n) is 5.79. The highest BCUT2D eigenvalue weighted by molar-refractivity contribution is 6.34. The number of aliphatic carboxylic acids is 1. The van der Waals surface area contributed by atoms with Gasteiger partial charge < -0.3 is 10.0 Å². The van der Waals surface area contributed by atoms with Crippen LogP contribution in [-0.2, 0) is 9.59 Å². The minimum atomic E-state index is -0.831. The molecule has 1 amide bonds. The van der Waals surface area contributed by atoms with Gasteiger partial charge in [0.25, 0.3) is 0 Å². The quantitative estimate of drug-likeness (QED) is 0.896. The summed E-state index contributed by atoms with van der Waals surface area (Å²) in [5, 5.41) is 9.42. The van der Waals surface area contributed by atoms with Crippen LogP contribution in [0.1, 0.15) is 31.2 Å². The Kier molecular flexibility index (Phi) is 3.57. The number of hydrogen-bond donors (Lipinski definition) is 1.